The molecule has 1 aromatic rings. The Morgan fingerprint density at radius 3 is 2.70 bits per heavy atom. The van der Waals surface area contributed by atoms with Crippen molar-refractivity contribution < 1.29 is 18.9 Å². The van der Waals surface area contributed by atoms with Gasteiger partial charge in [-0.05, 0) is 24.4 Å². The summed E-state index contributed by atoms with van der Waals surface area (Å²) in [5.41, 5.74) is 0.827. The van der Waals surface area contributed by atoms with Gasteiger partial charge in [-0.25, -0.2) is 0 Å². The Morgan fingerprint density at radius 1 is 1.22 bits per heavy atom. The second kappa shape index (κ2) is 12.3. The summed E-state index contributed by atoms with van der Waals surface area (Å²) in [5, 5.41) is 6.57. The fourth-order valence-electron chi connectivity index (χ4n) is 1.65. The molecule has 130 valence electrons. The second-order valence-corrected chi connectivity index (χ2v) is 5.20. The molecule has 0 atom stereocenters. The Bertz CT molecular complexity index is 461. The van der Waals surface area contributed by atoms with Crippen LogP contribution in [0.2, 0.25) is 0 Å². The van der Waals surface area contributed by atoms with Crippen molar-refractivity contribution in [3.05, 3.63) is 24.3 Å². The third-order valence-electron chi connectivity index (χ3n) is 2.76. The van der Waals surface area contributed by atoms with Gasteiger partial charge in [-0.15, -0.1) is 11.6 Å². The van der Waals surface area contributed by atoms with Gasteiger partial charge in [0.2, 0.25) is 0 Å². The minimum atomic E-state index is -0.350. The zero-order valence-electron chi connectivity index (χ0n) is 13.3. The molecule has 0 bridgehead atoms. The molecule has 6 nitrogen and oxygen atoms in total. The SMILES string of the molecule is COC(CNC(=S)Nc1cccc(OCCOCCCl)c1)OC. The van der Waals surface area contributed by atoms with E-state index in [9.17, 15) is 0 Å². The number of alkyl halides is 1. The molecule has 0 radical (unpaired) electrons. The summed E-state index contributed by atoms with van der Waals surface area (Å²) in [5.74, 6) is 1.22. The van der Waals surface area contributed by atoms with E-state index in [0.717, 1.165) is 11.4 Å². The number of methoxy groups -OCH3 is 2. The third kappa shape index (κ3) is 8.92. The van der Waals surface area contributed by atoms with Crippen LogP contribution in [0.15, 0.2) is 24.3 Å². The summed E-state index contributed by atoms with van der Waals surface area (Å²) in [6.45, 7) is 1.94. The molecule has 0 aliphatic heterocycles. The van der Waals surface area contributed by atoms with Crippen molar-refractivity contribution in [2.45, 2.75) is 6.29 Å². The van der Waals surface area contributed by atoms with Crippen molar-refractivity contribution in [3.8, 4) is 5.75 Å². The first-order valence-corrected chi connectivity index (χ1v) is 8.11. The molecule has 0 spiro atoms. The molecule has 0 aliphatic carbocycles. The van der Waals surface area contributed by atoms with E-state index < -0.39 is 0 Å². The zero-order valence-corrected chi connectivity index (χ0v) is 14.9. The number of hydrogen-bond donors (Lipinski definition) is 2. The standard InChI is InChI=1S/C15H23ClN2O4S/c1-19-14(20-2)11-17-15(23)18-12-4-3-5-13(10-12)22-9-8-21-7-6-16/h3-5,10,14H,6-9,11H2,1-2H3,(H2,17,18,23). The van der Waals surface area contributed by atoms with E-state index in [1.165, 1.54) is 0 Å². The van der Waals surface area contributed by atoms with Gasteiger partial charge in [0, 0.05) is 31.9 Å². The number of hydrogen-bond acceptors (Lipinski definition) is 5. The smallest absolute Gasteiger partial charge is 0.174 e. The van der Waals surface area contributed by atoms with Crippen LogP contribution in [0.5, 0.6) is 5.75 Å². The lowest BCUT2D eigenvalue weighted by Crippen LogP contribution is -2.36. The first-order valence-electron chi connectivity index (χ1n) is 7.16. The molecular formula is C15H23ClN2O4S. The number of thiocarbonyl (C=S) groups is 1. The van der Waals surface area contributed by atoms with Crippen molar-refractivity contribution >= 4 is 34.6 Å². The van der Waals surface area contributed by atoms with Crippen molar-refractivity contribution in [1.82, 2.24) is 5.32 Å². The Labute approximate surface area is 147 Å². The van der Waals surface area contributed by atoms with Crippen LogP contribution >= 0.6 is 23.8 Å². The highest BCUT2D eigenvalue weighted by atomic mass is 35.5. The summed E-state index contributed by atoms with van der Waals surface area (Å²) >= 11 is 10.7. The molecule has 23 heavy (non-hydrogen) atoms. The third-order valence-corrected chi connectivity index (χ3v) is 3.17. The lowest BCUT2D eigenvalue weighted by atomic mass is 10.3. The van der Waals surface area contributed by atoms with Gasteiger partial charge >= 0.3 is 0 Å². The zero-order chi connectivity index (χ0) is 16.9. The predicted molar refractivity (Wildman–Crippen MR) is 95.5 cm³/mol. The van der Waals surface area contributed by atoms with Crippen molar-refractivity contribution in [1.29, 1.82) is 0 Å². The first-order chi connectivity index (χ1) is 11.2. The summed E-state index contributed by atoms with van der Waals surface area (Å²) in [4.78, 5) is 0. The lowest BCUT2D eigenvalue weighted by molar-refractivity contribution is -0.0964. The maximum Gasteiger partial charge on any atom is 0.174 e. The number of nitrogens with one attached hydrogen (secondary N) is 2. The van der Waals surface area contributed by atoms with Crippen LogP contribution in [0.4, 0.5) is 5.69 Å². The highest BCUT2D eigenvalue weighted by molar-refractivity contribution is 7.80. The molecule has 0 fully saturated rings. The quantitative estimate of drug-likeness (QED) is 0.271. The van der Waals surface area contributed by atoms with Crippen LogP contribution in [0.25, 0.3) is 0 Å². The molecule has 0 heterocycles. The Balaban J connectivity index is 2.36. The first kappa shape index (κ1) is 19.9. The molecule has 0 aliphatic rings. The molecule has 2 N–H and O–H groups in total. The van der Waals surface area contributed by atoms with E-state index >= 15 is 0 Å². The highest BCUT2D eigenvalue weighted by Crippen LogP contribution is 2.17. The largest absolute Gasteiger partial charge is 0.491 e. The fourth-order valence-corrected chi connectivity index (χ4v) is 1.96. The minimum Gasteiger partial charge on any atom is -0.491 e. The van der Waals surface area contributed by atoms with E-state index in [2.05, 4.69) is 10.6 Å². The Hall–Kier alpha value is -1.12. The highest BCUT2D eigenvalue weighted by Gasteiger charge is 2.06. The summed E-state index contributed by atoms with van der Waals surface area (Å²) in [7, 11) is 3.15. The van der Waals surface area contributed by atoms with E-state index in [1.807, 2.05) is 24.3 Å². The van der Waals surface area contributed by atoms with Gasteiger partial charge in [0.25, 0.3) is 0 Å². The van der Waals surface area contributed by atoms with E-state index in [1.54, 1.807) is 14.2 Å². The van der Waals surface area contributed by atoms with Crippen LogP contribution in [-0.2, 0) is 14.2 Å². The normalized spacial score (nSPS) is 10.6. The number of rotatable bonds is 11. The molecular weight excluding hydrogens is 340 g/mol. The topological polar surface area (TPSA) is 61.0 Å². The molecule has 8 heteroatoms. The Morgan fingerprint density at radius 2 is 2.00 bits per heavy atom. The average molecular weight is 363 g/mol. The molecule has 0 saturated heterocycles. The number of benzene rings is 1. The van der Waals surface area contributed by atoms with Gasteiger partial charge in [-0.1, -0.05) is 6.07 Å². The minimum absolute atomic E-state index is 0.350. The maximum atomic E-state index is 5.60. The summed E-state index contributed by atoms with van der Waals surface area (Å²) < 4.78 is 21.0. The Kier molecular flexibility index (Phi) is 10.7. The van der Waals surface area contributed by atoms with Crippen LogP contribution in [-0.4, -0.2) is 57.9 Å². The van der Waals surface area contributed by atoms with Crippen LogP contribution < -0.4 is 15.4 Å². The van der Waals surface area contributed by atoms with Crippen molar-refractivity contribution in [2.24, 2.45) is 0 Å². The van der Waals surface area contributed by atoms with Crippen molar-refractivity contribution in [3.63, 3.8) is 0 Å². The number of ether oxygens (including phenoxy) is 4. The van der Waals surface area contributed by atoms with Gasteiger partial charge in [0.1, 0.15) is 12.4 Å². The number of anilines is 1. The second-order valence-electron chi connectivity index (χ2n) is 4.41. The predicted octanol–water partition coefficient (Wildman–Crippen LogP) is 2.23. The van der Waals surface area contributed by atoms with Gasteiger partial charge in [0.05, 0.1) is 19.8 Å². The van der Waals surface area contributed by atoms with Gasteiger partial charge in [-0.3, -0.25) is 0 Å². The van der Waals surface area contributed by atoms with E-state index in [-0.39, 0.29) is 6.29 Å². The maximum absolute atomic E-state index is 5.60. The molecule has 0 unspecified atom stereocenters. The van der Waals surface area contributed by atoms with Gasteiger partial charge in [-0.2, -0.15) is 0 Å². The average Bonchev–Trinajstić information content (AvgIpc) is 2.56. The monoisotopic (exact) mass is 362 g/mol. The fraction of sp³-hybridized carbons (Fsp3) is 0.533. The van der Waals surface area contributed by atoms with E-state index in [4.69, 9.17) is 42.8 Å². The molecule has 1 rings (SSSR count). The van der Waals surface area contributed by atoms with Gasteiger partial charge in [0.15, 0.2) is 11.4 Å². The molecule has 1 aromatic carbocycles. The number of halogens is 1. The van der Waals surface area contributed by atoms with Gasteiger partial charge < -0.3 is 29.6 Å². The molecule has 0 amide bonds. The molecule has 0 aromatic heterocycles. The molecule has 0 saturated carbocycles. The van der Waals surface area contributed by atoms with Crippen LogP contribution in [0, 0.1) is 0 Å². The lowest BCUT2D eigenvalue weighted by Gasteiger charge is -2.16. The summed E-state index contributed by atoms with van der Waals surface area (Å²) in [6, 6.07) is 7.51. The van der Waals surface area contributed by atoms with Crippen LogP contribution in [0.1, 0.15) is 0 Å². The summed E-state index contributed by atoms with van der Waals surface area (Å²) in [6.07, 6.45) is -0.350. The van der Waals surface area contributed by atoms with E-state index in [0.29, 0.717) is 37.4 Å². The van der Waals surface area contributed by atoms with Crippen LogP contribution in [0.3, 0.4) is 0 Å². The van der Waals surface area contributed by atoms with Crippen molar-refractivity contribution in [2.75, 3.05) is 51.8 Å².